The lowest BCUT2D eigenvalue weighted by Gasteiger charge is -2.10. The summed E-state index contributed by atoms with van der Waals surface area (Å²) in [7, 11) is 0. The zero-order chi connectivity index (χ0) is 13.1. The van der Waals surface area contributed by atoms with Crippen LogP contribution in [0.3, 0.4) is 0 Å². The van der Waals surface area contributed by atoms with Gasteiger partial charge in [0.25, 0.3) is 0 Å². The van der Waals surface area contributed by atoms with Crippen LogP contribution in [-0.2, 0) is 6.42 Å². The molecule has 0 unspecified atom stereocenters. The van der Waals surface area contributed by atoms with Crippen LogP contribution in [-0.4, -0.2) is 19.7 Å². The smallest absolute Gasteiger partial charge is 0.122 e. The Morgan fingerprint density at radius 3 is 2.56 bits per heavy atom. The number of aryl methyl sites for hydroxylation is 1. The molecule has 0 amide bonds. The van der Waals surface area contributed by atoms with E-state index in [9.17, 15) is 0 Å². The van der Waals surface area contributed by atoms with E-state index in [1.54, 1.807) is 0 Å². The molecule has 18 heavy (non-hydrogen) atoms. The predicted molar refractivity (Wildman–Crippen MR) is 78.3 cm³/mol. The van der Waals surface area contributed by atoms with Crippen molar-refractivity contribution in [2.24, 2.45) is 0 Å². The fourth-order valence-electron chi connectivity index (χ4n) is 2.00. The number of rotatable bonds is 10. The van der Waals surface area contributed by atoms with E-state index in [1.807, 2.05) is 6.07 Å². The molecule has 2 nitrogen and oxygen atoms in total. The van der Waals surface area contributed by atoms with Gasteiger partial charge in [-0.3, -0.25) is 0 Å². The lowest BCUT2D eigenvalue weighted by Crippen LogP contribution is -2.13. The van der Waals surface area contributed by atoms with E-state index in [0.717, 1.165) is 38.3 Å². The number of benzene rings is 1. The van der Waals surface area contributed by atoms with Crippen LogP contribution in [0.15, 0.2) is 24.3 Å². The number of ether oxygens (including phenoxy) is 1. The molecule has 1 N–H and O–H groups in total. The van der Waals surface area contributed by atoms with Crippen molar-refractivity contribution in [1.29, 1.82) is 0 Å². The van der Waals surface area contributed by atoms with Crippen molar-refractivity contribution in [2.75, 3.05) is 19.7 Å². The van der Waals surface area contributed by atoms with Crippen LogP contribution in [0.1, 0.15) is 45.1 Å². The van der Waals surface area contributed by atoms with Gasteiger partial charge in [-0.2, -0.15) is 0 Å². The first kappa shape index (κ1) is 15.0. The summed E-state index contributed by atoms with van der Waals surface area (Å²) < 4.78 is 5.84. The summed E-state index contributed by atoms with van der Waals surface area (Å²) in [5.74, 6) is 1.06. The second-order valence-electron chi connectivity index (χ2n) is 4.58. The molecule has 0 aliphatic heterocycles. The standard InChI is InChI=1S/C16H27NO/c1-3-15-11-7-8-12-16(15)18-14-10-6-5-9-13-17-4-2/h7-8,11-12,17H,3-6,9-10,13-14H2,1-2H3. The zero-order valence-electron chi connectivity index (χ0n) is 11.9. The van der Waals surface area contributed by atoms with Crippen LogP contribution >= 0.6 is 0 Å². The van der Waals surface area contributed by atoms with Crippen LogP contribution in [0, 0.1) is 0 Å². The molecule has 0 atom stereocenters. The van der Waals surface area contributed by atoms with E-state index in [0.29, 0.717) is 0 Å². The molecule has 0 radical (unpaired) electrons. The molecule has 0 aromatic heterocycles. The first-order valence-corrected chi connectivity index (χ1v) is 7.30. The van der Waals surface area contributed by atoms with Crippen molar-refractivity contribution >= 4 is 0 Å². The average molecular weight is 249 g/mol. The largest absolute Gasteiger partial charge is 0.493 e. The Morgan fingerprint density at radius 2 is 1.78 bits per heavy atom. The van der Waals surface area contributed by atoms with Crippen LogP contribution < -0.4 is 10.1 Å². The van der Waals surface area contributed by atoms with Crippen molar-refractivity contribution in [1.82, 2.24) is 5.32 Å². The molecular formula is C16H27NO. The predicted octanol–water partition coefficient (Wildman–Crippen LogP) is 3.80. The lowest BCUT2D eigenvalue weighted by molar-refractivity contribution is 0.302. The number of nitrogens with one attached hydrogen (secondary N) is 1. The molecule has 1 rings (SSSR count). The van der Waals surface area contributed by atoms with Gasteiger partial charge in [-0.05, 0) is 44.0 Å². The van der Waals surface area contributed by atoms with Crippen molar-refractivity contribution < 1.29 is 4.74 Å². The number of unbranched alkanes of at least 4 members (excludes halogenated alkanes) is 3. The molecule has 0 bridgehead atoms. The van der Waals surface area contributed by atoms with Gasteiger partial charge in [-0.25, -0.2) is 0 Å². The fourth-order valence-corrected chi connectivity index (χ4v) is 2.00. The van der Waals surface area contributed by atoms with E-state index >= 15 is 0 Å². The normalized spacial score (nSPS) is 10.6. The van der Waals surface area contributed by atoms with Crippen LogP contribution in [0.4, 0.5) is 0 Å². The molecule has 0 fully saturated rings. The van der Waals surface area contributed by atoms with Gasteiger partial charge in [0, 0.05) is 0 Å². The maximum Gasteiger partial charge on any atom is 0.122 e. The molecule has 1 aromatic carbocycles. The van der Waals surface area contributed by atoms with Gasteiger partial charge in [0.1, 0.15) is 5.75 Å². The summed E-state index contributed by atoms with van der Waals surface area (Å²) in [6, 6.07) is 8.34. The highest BCUT2D eigenvalue weighted by Gasteiger charge is 1.99. The van der Waals surface area contributed by atoms with Gasteiger partial charge in [0.15, 0.2) is 0 Å². The summed E-state index contributed by atoms with van der Waals surface area (Å²) in [5, 5.41) is 3.35. The second kappa shape index (κ2) is 9.95. The number of hydrogen-bond acceptors (Lipinski definition) is 2. The van der Waals surface area contributed by atoms with Crippen molar-refractivity contribution in [2.45, 2.75) is 46.0 Å². The topological polar surface area (TPSA) is 21.3 Å². The lowest BCUT2D eigenvalue weighted by atomic mass is 10.1. The minimum absolute atomic E-state index is 0.845. The van der Waals surface area contributed by atoms with E-state index in [-0.39, 0.29) is 0 Å². The van der Waals surface area contributed by atoms with Gasteiger partial charge in [-0.1, -0.05) is 44.9 Å². The Morgan fingerprint density at radius 1 is 1.00 bits per heavy atom. The third-order valence-corrected chi connectivity index (χ3v) is 3.11. The van der Waals surface area contributed by atoms with Crippen molar-refractivity contribution in [3.05, 3.63) is 29.8 Å². The highest BCUT2D eigenvalue weighted by Crippen LogP contribution is 2.18. The molecule has 2 heteroatoms. The molecule has 1 aromatic rings. The van der Waals surface area contributed by atoms with E-state index in [1.165, 1.54) is 24.8 Å². The monoisotopic (exact) mass is 249 g/mol. The Labute approximate surface area is 112 Å². The third-order valence-electron chi connectivity index (χ3n) is 3.11. The van der Waals surface area contributed by atoms with Gasteiger partial charge in [0.2, 0.25) is 0 Å². The minimum Gasteiger partial charge on any atom is -0.493 e. The zero-order valence-corrected chi connectivity index (χ0v) is 11.9. The average Bonchev–Trinajstić information content (AvgIpc) is 2.42. The van der Waals surface area contributed by atoms with Crippen LogP contribution in [0.25, 0.3) is 0 Å². The second-order valence-corrected chi connectivity index (χ2v) is 4.58. The number of hydrogen-bond donors (Lipinski definition) is 1. The first-order chi connectivity index (χ1) is 8.88. The molecule has 0 aliphatic rings. The van der Waals surface area contributed by atoms with E-state index in [2.05, 4.69) is 37.4 Å². The van der Waals surface area contributed by atoms with Gasteiger partial charge in [0.05, 0.1) is 6.61 Å². The van der Waals surface area contributed by atoms with Crippen LogP contribution in [0.5, 0.6) is 5.75 Å². The Bertz CT molecular complexity index is 312. The molecule has 102 valence electrons. The fraction of sp³-hybridized carbons (Fsp3) is 0.625. The van der Waals surface area contributed by atoms with Crippen LogP contribution in [0.2, 0.25) is 0 Å². The molecule has 0 spiro atoms. The SMILES string of the molecule is CCNCCCCCCOc1ccccc1CC. The minimum atomic E-state index is 0.845. The summed E-state index contributed by atoms with van der Waals surface area (Å²) in [6.07, 6.45) is 6.04. The van der Waals surface area contributed by atoms with Crippen molar-refractivity contribution in [3.8, 4) is 5.75 Å². The highest BCUT2D eigenvalue weighted by atomic mass is 16.5. The molecule has 0 heterocycles. The van der Waals surface area contributed by atoms with E-state index < -0.39 is 0 Å². The first-order valence-electron chi connectivity index (χ1n) is 7.30. The molecule has 0 saturated carbocycles. The summed E-state index contributed by atoms with van der Waals surface area (Å²) in [5.41, 5.74) is 1.31. The van der Waals surface area contributed by atoms with Crippen molar-refractivity contribution in [3.63, 3.8) is 0 Å². The Kier molecular flexibility index (Phi) is 8.32. The summed E-state index contributed by atoms with van der Waals surface area (Å²) in [6.45, 7) is 7.40. The molecule has 0 saturated heterocycles. The Hall–Kier alpha value is -1.02. The van der Waals surface area contributed by atoms with Gasteiger partial charge < -0.3 is 10.1 Å². The van der Waals surface area contributed by atoms with E-state index in [4.69, 9.17) is 4.74 Å². The third kappa shape index (κ3) is 6.06. The summed E-state index contributed by atoms with van der Waals surface area (Å²) in [4.78, 5) is 0. The quantitative estimate of drug-likeness (QED) is 0.637. The maximum atomic E-state index is 5.84. The Balaban J connectivity index is 2.07. The maximum absolute atomic E-state index is 5.84. The molecular weight excluding hydrogens is 222 g/mol. The highest BCUT2D eigenvalue weighted by molar-refractivity contribution is 5.33. The number of para-hydroxylation sites is 1. The van der Waals surface area contributed by atoms with Gasteiger partial charge in [-0.15, -0.1) is 0 Å². The summed E-state index contributed by atoms with van der Waals surface area (Å²) >= 11 is 0. The molecule has 0 aliphatic carbocycles. The van der Waals surface area contributed by atoms with Gasteiger partial charge >= 0.3 is 0 Å².